The van der Waals surface area contributed by atoms with Gasteiger partial charge in [-0.1, -0.05) is 18.6 Å². The van der Waals surface area contributed by atoms with Gasteiger partial charge in [0.1, 0.15) is 0 Å². The number of aliphatic hydroxyl groups excluding tert-OH is 1. The molecule has 1 heterocycles. The average molecular weight is 220 g/mol. The van der Waals surface area contributed by atoms with Crippen LogP contribution in [0.15, 0.2) is 12.2 Å². The van der Waals surface area contributed by atoms with Gasteiger partial charge in [0.2, 0.25) is 0 Å². The van der Waals surface area contributed by atoms with Crippen molar-refractivity contribution >= 4 is 5.78 Å². The van der Waals surface area contributed by atoms with E-state index in [0.29, 0.717) is 12.5 Å². The summed E-state index contributed by atoms with van der Waals surface area (Å²) >= 11 is 0. The Morgan fingerprint density at radius 3 is 3.00 bits per heavy atom. The lowest BCUT2D eigenvalue weighted by Crippen LogP contribution is -2.64. The zero-order chi connectivity index (χ0) is 11.0. The van der Waals surface area contributed by atoms with Gasteiger partial charge in [0.25, 0.3) is 0 Å². The van der Waals surface area contributed by atoms with Crippen LogP contribution >= 0.6 is 0 Å². The Bertz CT molecular complexity index is 396. The minimum atomic E-state index is -0.630. The second-order valence-electron chi connectivity index (χ2n) is 5.76. The molecule has 1 saturated heterocycles. The highest BCUT2D eigenvalue weighted by atomic mass is 16.6. The molecular formula is C13H16O3. The number of ether oxygens (including phenoxy) is 1. The Kier molecular flexibility index (Phi) is 1.52. The van der Waals surface area contributed by atoms with E-state index in [9.17, 15) is 9.90 Å². The molecule has 0 aromatic rings. The third kappa shape index (κ3) is 0.769. The standard InChI is InChI=1S/C13H16O3/c14-10-3-1-2-9-6-8-4-5-12(9,10)13(7-16-13)11(8)15/h4-5,8-10,14H,1-3,6-7H2/t8-,9+,10?,12+,13?/m0/s1. The van der Waals surface area contributed by atoms with Crippen molar-refractivity contribution in [1.29, 1.82) is 0 Å². The monoisotopic (exact) mass is 220 g/mol. The highest BCUT2D eigenvalue weighted by Crippen LogP contribution is 2.65. The van der Waals surface area contributed by atoms with Gasteiger partial charge in [-0.3, -0.25) is 4.79 Å². The summed E-state index contributed by atoms with van der Waals surface area (Å²) in [5, 5.41) is 10.4. The van der Waals surface area contributed by atoms with Crippen LogP contribution in [0.2, 0.25) is 0 Å². The van der Waals surface area contributed by atoms with E-state index in [2.05, 4.69) is 6.08 Å². The molecule has 3 nitrogen and oxygen atoms in total. The van der Waals surface area contributed by atoms with Crippen molar-refractivity contribution in [1.82, 2.24) is 0 Å². The number of carbonyl (C=O) groups is 1. The number of epoxide rings is 1. The number of aliphatic hydroxyl groups is 1. The van der Waals surface area contributed by atoms with Gasteiger partial charge in [0.05, 0.1) is 18.1 Å². The van der Waals surface area contributed by atoms with Crippen LogP contribution in [0.1, 0.15) is 25.7 Å². The van der Waals surface area contributed by atoms with E-state index in [-0.39, 0.29) is 17.1 Å². The molecule has 0 aromatic carbocycles. The quantitative estimate of drug-likeness (QED) is 0.490. The van der Waals surface area contributed by atoms with Crippen LogP contribution in [0.5, 0.6) is 0 Å². The maximum absolute atomic E-state index is 12.3. The van der Waals surface area contributed by atoms with E-state index in [4.69, 9.17) is 4.74 Å². The molecule has 4 aliphatic carbocycles. The van der Waals surface area contributed by atoms with Crippen LogP contribution in [-0.4, -0.2) is 29.2 Å². The van der Waals surface area contributed by atoms with Gasteiger partial charge in [-0.25, -0.2) is 0 Å². The van der Waals surface area contributed by atoms with Gasteiger partial charge < -0.3 is 9.84 Å². The maximum Gasteiger partial charge on any atom is 0.174 e. The van der Waals surface area contributed by atoms with Gasteiger partial charge in [-0.15, -0.1) is 0 Å². The third-order valence-electron chi connectivity index (χ3n) is 5.27. The molecule has 5 aliphatic rings. The Labute approximate surface area is 94.5 Å². The number of hydrogen-bond acceptors (Lipinski definition) is 3. The molecule has 0 amide bonds. The summed E-state index contributed by atoms with van der Waals surface area (Å²) in [5.74, 6) is 0.735. The fraction of sp³-hybridized carbons (Fsp3) is 0.769. The van der Waals surface area contributed by atoms with E-state index in [0.717, 1.165) is 25.7 Å². The summed E-state index contributed by atoms with van der Waals surface area (Å²) in [5.41, 5.74) is -1.01. The van der Waals surface area contributed by atoms with Gasteiger partial charge in [-0.2, -0.15) is 0 Å². The third-order valence-corrected chi connectivity index (χ3v) is 5.27. The van der Waals surface area contributed by atoms with Crippen LogP contribution in [0.4, 0.5) is 0 Å². The molecule has 3 fully saturated rings. The Hall–Kier alpha value is -0.670. The van der Waals surface area contributed by atoms with Crippen molar-refractivity contribution in [3.63, 3.8) is 0 Å². The Balaban J connectivity index is 1.92. The molecule has 2 spiro atoms. The minimum Gasteiger partial charge on any atom is -0.392 e. The van der Waals surface area contributed by atoms with Crippen molar-refractivity contribution < 1.29 is 14.6 Å². The molecule has 1 N–H and O–H groups in total. The largest absolute Gasteiger partial charge is 0.392 e. The van der Waals surface area contributed by atoms with Crippen molar-refractivity contribution in [2.24, 2.45) is 17.3 Å². The van der Waals surface area contributed by atoms with E-state index >= 15 is 0 Å². The molecule has 2 unspecified atom stereocenters. The molecule has 1 aliphatic heterocycles. The van der Waals surface area contributed by atoms with Crippen LogP contribution in [-0.2, 0) is 9.53 Å². The molecule has 2 bridgehead atoms. The van der Waals surface area contributed by atoms with Crippen LogP contribution in [0.3, 0.4) is 0 Å². The number of allylic oxidation sites excluding steroid dienone is 1. The van der Waals surface area contributed by atoms with E-state index in [1.807, 2.05) is 6.08 Å². The van der Waals surface area contributed by atoms with Gasteiger partial charge in [-0.05, 0) is 25.2 Å². The number of carbonyl (C=O) groups excluding carboxylic acids is 1. The molecule has 3 heteroatoms. The molecule has 16 heavy (non-hydrogen) atoms. The minimum absolute atomic E-state index is 0.0553. The molecule has 5 atom stereocenters. The van der Waals surface area contributed by atoms with Crippen molar-refractivity contribution in [2.75, 3.05) is 6.61 Å². The lowest BCUT2D eigenvalue weighted by atomic mass is 9.47. The lowest BCUT2D eigenvalue weighted by molar-refractivity contribution is -0.155. The molecule has 0 radical (unpaired) electrons. The summed E-state index contributed by atoms with van der Waals surface area (Å²) in [6.07, 6.45) is 7.69. The Morgan fingerprint density at radius 2 is 2.25 bits per heavy atom. The Morgan fingerprint density at radius 1 is 1.44 bits per heavy atom. The maximum atomic E-state index is 12.3. The molecule has 2 saturated carbocycles. The molecule has 0 aromatic heterocycles. The first kappa shape index (κ1) is 9.37. The number of Topliss-reactive ketones (excluding diaryl/α,β-unsaturated/α-hetero) is 1. The van der Waals surface area contributed by atoms with Crippen LogP contribution in [0, 0.1) is 17.3 Å². The normalized spacial score (nSPS) is 57.8. The van der Waals surface area contributed by atoms with Crippen molar-refractivity contribution in [3.05, 3.63) is 12.2 Å². The summed E-state index contributed by atoms with van der Waals surface area (Å²) in [7, 11) is 0. The summed E-state index contributed by atoms with van der Waals surface area (Å²) in [6, 6.07) is 0. The fourth-order valence-corrected chi connectivity index (χ4v) is 4.43. The van der Waals surface area contributed by atoms with Gasteiger partial charge in [0.15, 0.2) is 11.4 Å². The lowest BCUT2D eigenvalue weighted by Gasteiger charge is -2.55. The predicted molar refractivity (Wildman–Crippen MR) is 56.7 cm³/mol. The van der Waals surface area contributed by atoms with Gasteiger partial charge >= 0.3 is 0 Å². The summed E-state index contributed by atoms with van der Waals surface area (Å²) in [6.45, 7) is 0.528. The highest BCUT2D eigenvalue weighted by molar-refractivity contribution is 5.97. The predicted octanol–water partition coefficient (Wildman–Crippen LogP) is 1.06. The second-order valence-corrected chi connectivity index (χ2v) is 5.76. The van der Waals surface area contributed by atoms with E-state index in [1.165, 1.54) is 0 Å². The van der Waals surface area contributed by atoms with E-state index in [1.54, 1.807) is 0 Å². The number of ketones is 1. The zero-order valence-electron chi connectivity index (χ0n) is 9.19. The first-order valence-electron chi connectivity index (χ1n) is 6.26. The number of hydrogen-bond donors (Lipinski definition) is 1. The van der Waals surface area contributed by atoms with Crippen LogP contribution < -0.4 is 0 Å². The smallest absolute Gasteiger partial charge is 0.174 e. The fourth-order valence-electron chi connectivity index (χ4n) is 4.43. The number of rotatable bonds is 0. The van der Waals surface area contributed by atoms with Crippen molar-refractivity contribution in [2.45, 2.75) is 37.4 Å². The van der Waals surface area contributed by atoms with Crippen molar-refractivity contribution in [3.8, 4) is 0 Å². The first-order valence-corrected chi connectivity index (χ1v) is 6.26. The highest BCUT2D eigenvalue weighted by Gasteiger charge is 2.75. The topological polar surface area (TPSA) is 49.8 Å². The molecule has 86 valence electrons. The second kappa shape index (κ2) is 2.59. The first-order chi connectivity index (χ1) is 7.71. The average Bonchev–Trinajstić information content (AvgIpc) is 3.07. The molecule has 5 rings (SSSR count). The zero-order valence-corrected chi connectivity index (χ0v) is 9.19. The summed E-state index contributed by atoms with van der Waals surface area (Å²) in [4.78, 5) is 12.3. The van der Waals surface area contributed by atoms with Crippen LogP contribution in [0.25, 0.3) is 0 Å². The molecular weight excluding hydrogens is 204 g/mol. The van der Waals surface area contributed by atoms with E-state index < -0.39 is 11.7 Å². The SMILES string of the molecule is O=C1[C@H]2C=C[C@@]3(C(O)CCC[C@@H]3C2)C12CO2. The summed E-state index contributed by atoms with van der Waals surface area (Å²) < 4.78 is 5.55. The van der Waals surface area contributed by atoms with Gasteiger partial charge in [0, 0.05) is 5.92 Å².